The number of fused-ring (bicyclic) bond motifs is 4. The highest BCUT2D eigenvalue weighted by Gasteiger charge is 2.13. The van der Waals surface area contributed by atoms with Gasteiger partial charge in [-0.1, -0.05) is 50.2 Å². The van der Waals surface area contributed by atoms with Crippen molar-refractivity contribution >= 4 is 54.7 Å². The van der Waals surface area contributed by atoms with Gasteiger partial charge in [0.2, 0.25) is 0 Å². The number of nitrogens with zero attached hydrogens (tertiary/aromatic N) is 7. The molecule has 49 heavy (non-hydrogen) atoms. The highest BCUT2D eigenvalue weighted by Crippen LogP contribution is 2.20. The van der Waals surface area contributed by atoms with Gasteiger partial charge in [-0.05, 0) is 74.7 Å². The molecule has 5 aromatic heterocycles. The van der Waals surface area contributed by atoms with Gasteiger partial charge < -0.3 is 9.55 Å². The van der Waals surface area contributed by atoms with Crippen molar-refractivity contribution in [3.05, 3.63) is 128 Å². The summed E-state index contributed by atoms with van der Waals surface area (Å²) >= 11 is 1.74. The molecule has 252 valence electrons. The van der Waals surface area contributed by atoms with Crippen LogP contribution in [0.4, 0.5) is 0 Å². The van der Waals surface area contributed by atoms with Gasteiger partial charge in [-0.15, -0.1) is 11.3 Å². The van der Waals surface area contributed by atoms with Gasteiger partial charge in [0.15, 0.2) is 11.2 Å². The maximum Gasteiger partial charge on any atom is 0.332 e. The number of H-pyrrole nitrogens is 1. The minimum absolute atomic E-state index is 0.288. The molecule has 0 radical (unpaired) electrons. The number of benzene rings is 3. The van der Waals surface area contributed by atoms with E-state index in [1.54, 1.807) is 29.3 Å². The Bertz CT molecular complexity index is 2400. The molecule has 0 unspecified atom stereocenters. The second-order valence-corrected chi connectivity index (χ2v) is 13.0. The summed E-state index contributed by atoms with van der Waals surface area (Å²) in [5.41, 5.74) is 7.26. The summed E-state index contributed by atoms with van der Waals surface area (Å²) in [5, 5.41) is 2.39. The third-order valence-electron chi connectivity index (χ3n) is 7.97. The molecule has 8 aromatic rings. The Labute approximate surface area is 288 Å². The lowest BCUT2D eigenvalue weighted by Crippen LogP contribution is -2.37. The summed E-state index contributed by atoms with van der Waals surface area (Å²) in [6, 6.07) is 24.7. The monoisotopic (exact) mass is 674 g/mol. The molecule has 0 aliphatic carbocycles. The summed E-state index contributed by atoms with van der Waals surface area (Å²) in [5.74, 6) is 1.06. The summed E-state index contributed by atoms with van der Waals surface area (Å²) in [6.07, 6.45) is 5.35. The molecule has 11 heteroatoms. The Morgan fingerprint density at radius 2 is 1.53 bits per heavy atom. The Balaban J connectivity index is 0.000000129. The first-order valence-electron chi connectivity index (χ1n) is 16.3. The number of aromatic nitrogens is 8. The molecule has 0 atom stereocenters. The number of hydrogen-bond acceptors (Lipinski definition) is 7. The van der Waals surface area contributed by atoms with Gasteiger partial charge in [0.05, 0.1) is 38.1 Å². The molecule has 1 N–H and O–H groups in total. The largest absolute Gasteiger partial charge is 0.342 e. The second kappa shape index (κ2) is 15.7. The van der Waals surface area contributed by atoms with E-state index >= 15 is 0 Å². The lowest BCUT2D eigenvalue weighted by Gasteiger charge is -2.05. The molecule has 0 saturated carbocycles. The fourth-order valence-electron chi connectivity index (χ4n) is 5.37. The van der Waals surface area contributed by atoms with Gasteiger partial charge in [0.25, 0.3) is 5.56 Å². The van der Waals surface area contributed by atoms with Crippen LogP contribution in [0.15, 0.2) is 94.9 Å². The Hall–Kier alpha value is -5.42. The van der Waals surface area contributed by atoms with E-state index in [0.717, 1.165) is 56.9 Å². The lowest BCUT2D eigenvalue weighted by atomic mass is 10.1. The fraction of sp³-hybridized carbons (Fsp3) is 0.263. The van der Waals surface area contributed by atoms with Crippen molar-refractivity contribution in [2.75, 3.05) is 0 Å². The summed E-state index contributed by atoms with van der Waals surface area (Å²) in [6.45, 7) is 11.1. The Morgan fingerprint density at radius 3 is 2.24 bits per heavy atom. The van der Waals surface area contributed by atoms with Crippen molar-refractivity contribution in [1.82, 2.24) is 38.6 Å². The topological polar surface area (TPSA) is 116 Å². The van der Waals surface area contributed by atoms with E-state index in [4.69, 9.17) is 0 Å². The van der Waals surface area contributed by atoms with Gasteiger partial charge in [0.1, 0.15) is 5.82 Å². The number of nitrogens with one attached hydrogen (secondary N) is 1. The van der Waals surface area contributed by atoms with Gasteiger partial charge in [-0.2, -0.15) is 0 Å². The van der Waals surface area contributed by atoms with Gasteiger partial charge >= 0.3 is 5.69 Å². The average Bonchev–Trinajstić information content (AvgIpc) is 3.83. The van der Waals surface area contributed by atoms with Crippen LogP contribution in [0.1, 0.15) is 42.2 Å². The molecule has 8 rings (SSSR count). The van der Waals surface area contributed by atoms with Crippen LogP contribution in [-0.4, -0.2) is 38.6 Å². The number of rotatable bonds is 3. The number of aromatic amines is 1. The number of aryl methyl sites for hydroxylation is 6. The van der Waals surface area contributed by atoms with Crippen molar-refractivity contribution in [3.8, 4) is 0 Å². The minimum Gasteiger partial charge on any atom is -0.342 e. The molecular formula is C38H42N8O2S. The zero-order valence-corrected chi connectivity index (χ0v) is 29.9. The van der Waals surface area contributed by atoms with Crippen LogP contribution in [-0.2, 0) is 27.1 Å². The molecule has 5 heterocycles. The molecule has 0 fully saturated rings. The third-order valence-corrected chi connectivity index (χ3v) is 8.92. The highest BCUT2D eigenvalue weighted by molar-refractivity contribution is 7.18. The van der Waals surface area contributed by atoms with Crippen molar-refractivity contribution in [3.63, 3.8) is 0 Å². The molecule has 0 aliphatic heterocycles. The molecule has 0 saturated heterocycles. The first-order valence-corrected chi connectivity index (χ1v) is 17.1. The normalized spacial score (nSPS) is 10.8. The van der Waals surface area contributed by atoms with E-state index in [1.165, 1.54) is 32.8 Å². The molecule has 0 bridgehead atoms. The molecule has 0 aliphatic rings. The van der Waals surface area contributed by atoms with Crippen molar-refractivity contribution in [1.29, 1.82) is 0 Å². The molecular weight excluding hydrogens is 633 g/mol. The van der Waals surface area contributed by atoms with Crippen LogP contribution >= 0.6 is 11.3 Å². The van der Waals surface area contributed by atoms with Gasteiger partial charge in [0, 0.05) is 38.6 Å². The summed E-state index contributed by atoms with van der Waals surface area (Å²) in [4.78, 5) is 44.0. The molecule has 3 aromatic carbocycles. The van der Waals surface area contributed by atoms with Gasteiger partial charge in [-0.25, -0.2) is 19.7 Å². The SMILES string of the molecule is CCCn1cnc2c1c(=O)n(C)c(=O)n2C.CCc1nc2ccccc2[nH]1.Cc1ccc2c(C)ccnc2c1.Cc1nc2ccccc2s1. The van der Waals surface area contributed by atoms with Gasteiger partial charge in [-0.3, -0.25) is 18.9 Å². The van der Waals surface area contributed by atoms with Crippen LogP contribution in [0.5, 0.6) is 0 Å². The predicted octanol–water partition coefficient (Wildman–Crippen LogP) is 7.43. The second-order valence-electron chi connectivity index (χ2n) is 11.7. The zero-order chi connectivity index (χ0) is 35.1. The first-order chi connectivity index (χ1) is 23.6. The average molecular weight is 675 g/mol. The highest BCUT2D eigenvalue weighted by atomic mass is 32.1. The van der Waals surface area contributed by atoms with E-state index in [2.05, 4.69) is 70.0 Å². The maximum atomic E-state index is 11.9. The summed E-state index contributed by atoms with van der Waals surface area (Å²) in [7, 11) is 3.10. The van der Waals surface area contributed by atoms with Crippen LogP contribution < -0.4 is 11.2 Å². The summed E-state index contributed by atoms with van der Waals surface area (Å²) < 4.78 is 5.57. The van der Waals surface area contributed by atoms with Crippen LogP contribution in [0.2, 0.25) is 0 Å². The lowest BCUT2D eigenvalue weighted by molar-refractivity contribution is 0.676. The number of imidazole rings is 2. The number of thiazole rings is 1. The fourth-order valence-corrected chi connectivity index (χ4v) is 6.20. The van der Waals surface area contributed by atoms with Crippen molar-refractivity contribution in [2.24, 2.45) is 14.1 Å². The Kier molecular flexibility index (Phi) is 11.1. The number of pyridine rings is 1. The van der Waals surface area contributed by atoms with E-state index < -0.39 is 0 Å². The first kappa shape index (κ1) is 34.9. The van der Waals surface area contributed by atoms with E-state index in [9.17, 15) is 9.59 Å². The van der Waals surface area contributed by atoms with Crippen LogP contribution in [0, 0.1) is 20.8 Å². The van der Waals surface area contributed by atoms with Crippen molar-refractivity contribution in [2.45, 2.75) is 54.0 Å². The molecule has 0 spiro atoms. The number of hydrogen-bond donors (Lipinski definition) is 1. The zero-order valence-electron chi connectivity index (χ0n) is 29.1. The molecule has 0 amide bonds. The van der Waals surface area contributed by atoms with Crippen molar-refractivity contribution < 1.29 is 0 Å². The standard InChI is InChI=1S/C11H11N.C10H14N4O2.C9H10N2.C8H7NS/c1-8-3-4-10-9(2)5-6-12-11(10)7-8;1-4-5-14-6-11-8-7(14)9(15)13(3)10(16)12(8)2;1-2-9-10-7-5-3-4-6-8(7)11-9;1-6-9-7-4-2-3-5-8(7)10-6/h3-7H,1-2H3;6H,4-5H2,1-3H3;3-6H,2H2,1H3,(H,10,11);2-5H,1H3. The minimum atomic E-state index is -0.348. The van der Waals surface area contributed by atoms with E-state index in [1.807, 2.05) is 68.6 Å². The van der Waals surface area contributed by atoms with Crippen LogP contribution in [0.25, 0.3) is 43.3 Å². The van der Waals surface area contributed by atoms with Crippen LogP contribution in [0.3, 0.4) is 0 Å². The van der Waals surface area contributed by atoms with E-state index in [0.29, 0.717) is 11.2 Å². The predicted molar refractivity (Wildman–Crippen MR) is 202 cm³/mol. The Morgan fingerprint density at radius 1 is 0.796 bits per heavy atom. The van der Waals surface area contributed by atoms with E-state index in [-0.39, 0.29) is 11.2 Å². The smallest absolute Gasteiger partial charge is 0.332 e. The number of para-hydroxylation sites is 3. The maximum absolute atomic E-state index is 11.9. The quantitative estimate of drug-likeness (QED) is 0.209. The third kappa shape index (κ3) is 8.01. The molecule has 10 nitrogen and oxygen atoms in total.